The minimum absolute atomic E-state index is 0.593. The van der Waals surface area contributed by atoms with E-state index in [0.717, 1.165) is 5.52 Å². The molecule has 14 heavy (non-hydrogen) atoms. The SMILES string of the molecule is NCc1cccc2ncn(C3CC3)c12. The third kappa shape index (κ3) is 1.06. The molecule has 1 aromatic carbocycles. The molecule has 0 aliphatic heterocycles. The van der Waals surface area contributed by atoms with Crippen molar-refractivity contribution in [3.05, 3.63) is 30.1 Å². The lowest BCUT2D eigenvalue weighted by Gasteiger charge is -2.05. The molecule has 1 saturated carbocycles. The smallest absolute Gasteiger partial charge is 0.0961 e. The van der Waals surface area contributed by atoms with Gasteiger partial charge in [0, 0.05) is 12.6 Å². The standard InChI is InChI=1S/C11H13N3/c12-6-8-2-1-3-10-11(8)14(7-13-10)9-4-5-9/h1-3,7,9H,4-6,12H2. The Bertz CT molecular complexity index is 468. The van der Waals surface area contributed by atoms with E-state index >= 15 is 0 Å². The first-order valence-electron chi connectivity index (χ1n) is 5.04. The van der Waals surface area contributed by atoms with E-state index in [1.165, 1.54) is 23.9 Å². The lowest BCUT2D eigenvalue weighted by atomic mass is 10.2. The van der Waals surface area contributed by atoms with E-state index in [9.17, 15) is 0 Å². The zero-order valence-electron chi connectivity index (χ0n) is 7.98. The van der Waals surface area contributed by atoms with Gasteiger partial charge in [-0.1, -0.05) is 12.1 Å². The highest BCUT2D eigenvalue weighted by Crippen LogP contribution is 2.37. The van der Waals surface area contributed by atoms with Gasteiger partial charge < -0.3 is 10.3 Å². The van der Waals surface area contributed by atoms with Crippen LogP contribution < -0.4 is 5.73 Å². The topological polar surface area (TPSA) is 43.8 Å². The molecule has 3 heteroatoms. The van der Waals surface area contributed by atoms with Gasteiger partial charge in [0.05, 0.1) is 17.4 Å². The van der Waals surface area contributed by atoms with Crippen molar-refractivity contribution < 1.29 is 0 Å². The van der Waals surface area contributed by atoms with Crippen LogP contribution in [0.4, 0.5) is 0 Å². The first-order valence-corrected chi connectivity index (χ1v) is 5.04. The van der Waals surface area contributed by atoms with Crippen molar-refractivity contribution in [3.63, 3.8) is 0 Å². The molecule has 0 atom stereocenters. The van der Waals surface area contributed by atoms with Crippen LogP contribution in [0.15, 0.2) is 24.5 Å². The number of benzene rings is 1. The van der Waals surface area contributed by atoms with Gasteiger partial charge in [-0.15, -0.1) is 0 Å². The van der Waals surface area contributed by atoms with Crippen LogP contribution >= 0.6 is 0 Å². The quantitative estimate of drug-likeness (QED) is 0.779. The van der Waals surface area contributed by atoms with E-state index in [1.54, 1.807) is 0 Å². The third-order valence-corrected chi connectivity index (χ3v) is 2.84. The monoisotopic (exact) mass is 187 g/mol. The fourth-order valence-corrected chi connectivity index (χ4v) is 1.96. The molecule has 3 nitrogen and oxygen atoms in total. The van der Waals surface area contributed by atoms with Crippen LogP contribution in [0.2, 0.25) is 0 Å². The van der Waals surface area contributed by atoms with E-state index in [2.05, 4.69) is 15.6 Å². The predicted molar refractivity (Wildman–Crippen MR) is 55.9 cm³/mol. The minimum Gasteiger partial charge on any atom is -0.327 e. The summed E-state index contributed by atoms with van der Waals surface area (Å²) in [6, 6.07) is 6.83. The summed E-state index contributed by atoms with van der Waals surface area (Å²) in [5.74, 6) is 0. The number of para-hydroxylation sites is 1. The van der Waals surface area contributed by atoms with Crippen LogP contribution in [0.5, 0.6) is 0 Å². The number of fused-ring (bicyclic) bond motifs is 1. The summed E-state index contributed by atoms with van der Waals surface area (Å²) < 4.78 is 2.28. The average molecular weight is 187 g/mol. The fourth-order valence-electron chi connectivity index (χ4n) is 1.96. The summed E-state index contributed by atoms with van der Waals surface area (Å²) in [5.41, 5.74) is 9.23. The van der Waals surface area contributed by atoms with E-state index < -0.39 is 0 Å². The maximum atomic E-state index is 5.72. The van der Waals surface area contributed by atoms with Gasteiger partial charge in [0.25, 0.3) is 0 Å². The Labute approximate surface area is 82.5 Å². The van der Waals surface area contributed by atoms with E-state index in [0.29, 0.717) is 12.6 Å². The van der Waals surface area contributed by atoms with E-state index in [-0.39, 0.29) is 0 Å². The van der Waals surface area contributed by atoms with E-state index in [4.69, 9.17) is 5.73 Å². The van der Waals surface area contributed by atoms with Crippen molar-refractivity contribution in [2.24, 2.45) is 5.73 Å². The summed E-state index contributed by atoms with van der Waals surface area (Å²) in [4.78, 5) is 4.40. The second kappa shape index (κ2) is 2.82. The zero-order valence-corrected chi connectivity index (χ0v) is 7.98. The zero-order chi connectivity index (χ0) is 9.54. The molecule has 2 N–H and O–H groups in total. The lowest BCUT2D eigenvalue weighted by molar-refractivity contribution is 0.761. The van der Waals surface area contributed by atoms with Crippen molar-refractivity contribution in [2.45, 2.75) is 25.4 Å². The van der Waals surface area contributed by atoms with Crippen molar-refractivity contribution in [3.8, 4) is 0 Å². The lowest BCUT2D eigenvalue weighted by Crippen LogP contribution is -2.00. The molecule has 3 rings (SSSR count). The molecule has 0 bridgehead atoms. The maximum absolute atomic E-state index is 5.72. The Kier molecular flexibility index (Phi) is 1.61. The number of hydrogen-bond acceptors (Lipinski definition) is 2. The molecule has 1 aliphatic carbocycles. The Balaban J connectivity index is 2.29. The van der Waals surface area contributed by atoms with Crippen LogP contribution in [0.1, 0.15) is 24.4 Å². The second-order valence-electron chi connectivity index (χ2n) is 3.87. The van der Waals surface area contributed by atoms with Gasteiger partial charge >= 0.3 is 0 Å². The van der Waals surface area contributed by atoms with Crippen LogP contribution in [0, 0.1) is 0 Å². The second-order valence-corrected chi connectivity index (χ2v) is 3.87. The highest BCUT2D eigenvalue weighted by Gasteiger charge is 2.25. The Morgan fingerprint density at radius 3 is 3.00 bits per heavy atom. The van der Waals surface area contributed by atoms with Crippen LogP contribution in [0.25, 0.3) is 11.0 Å². The van der Waals surface area contributed by atoms with Crippen molar-refractivity contribution in [1.29, 1.82) is 0 Å². The van der Waals surface area contributed by atoms with Crippen LogP contribution in [-0.4, -0.2) is 9.55 Å². The molecule has 1 aromatic heterocycles. The van der Waals surface area contributed by atoms with Gasteiger partial charge in [-0.25, -0.2) is 4.98 Å². The van der Waals surface area contributed by atoms with Crippen LogP contribution in [-0.2, 0) is 6.54 Å². The predicted octanol–water partition coefficient (Wildman–Crippen LogP) is 1.83. The van der Waals surface area contributed by atoms with Gasteiger partial charge in [-0.05, 0) is 24.5 Å². The summed E-state index contributed by atoms with van der Waals surface area (Å²) in [6.07, 6.45) is 4.51. The number of aromatic nitrogens is 2. The summed E-state index contributed by atoms with van der Waals surface area (Å²) in [7, 11) is 0. The van der Waals surface area contributed by atoms with Gasteiger partial charge in [0.1, 0.15) is 0 Å². The Morgan fingerprint density at radius 2 is 2.29 bits per heavy atom. The van der Waals surface area contributed by atoms with Crippen LogP contribution in [0.3, 0.4) is 0 Å². The van der Waals surface area contributed by atoms with Gasteiger partial charge in [-0.2, -0.15) is 0 Å². The molecule has 0 spiro atoms. The van der Waals surface area contributed by atoms with Gasteiger partial charge in [-0.3, -0.25) is 0 Å². The number of rotatable bonds is 2. The van der Waals surface area contributed by atoms with Crippen molar-refractivity contribution >= 4 is 11.0 Å². The largest absolute Gasteiger partial charge is 0.327 e. The summed E-state index contributed by atoms with van der Waals surface area (Å²) in [5, 5.41) is 0. The van der Waals surface area contributed by atoms with Gasteiger partial charge in [0.2, 0.25) is 0 Å². The molecule has 72 valence electrons. The molecule has 0 unspecified atom stereocenters. The molecule has 1 aliphatic rings. The highest BCUT2D eigenvalue weighted by atomic mass is 15.1. The Morgan fingerprint density at radius 1 is 1.43 bits per heavy atom. The summed E-state index contributed by atoms with van der Waals surface area (Å²) in [6.45, 7) is 0.593. The normalized spacial score (nSPS) is 16.4. The molecular weight excluding hydrogens is 174 g/mol. The molecule has 2 aromatic rings. The fraction of sp³-hybridized carbons (Fsp3) is 0.364. The average Bonchev–Trinajstić information content (AvgIpc) is 2.97. The number of imidazole rings is 1. The molecular formula is C11H13N3. The molecule has 1 fully saturated rings. The maximum Gasteiger partial charge on any atom is 0.0961 e. The highest BCUT2D eigenvalue weighted by molar-refractivity contribution is 5.79. The minimum atomic E-state index is 0.593. The number of nitrogens with two attached hydrogens (primary N) is 1. The Hall–Kier alpha value is -1.35. The first kappa shape index (κ1) is 8.00. The first-order chi connectivity index (χ1) is 6.90. The number of nitrogens with zero attached hydrogens (tertiary/aromatic N) is 2. The molecule has 1 heterocycles. The summed E-state index contributed by atoms with van der Waals surface area (Å²) >= 11 is 0. The van der Waals surface area contributed by atoms with Gasteiger partial charge in [0.15, 0.2) is 0 Å². The molecule has 0 amide bonds. The van der Waals surface area contributed by atoms with Crippen molar-refractivity contribution in [1.82, 2.24) is 9.55 Å². The van der Waals surface area contributed by atoms with Crippen molar-refractivity contribution in [2.75, 3.05) is 0 Å². The van der Waals surface area contributed by atoms with E-state index in [1.807, 2.05) is 18.5 Å². The third-order valence-electron chi connectivity index (χ3n) is 2.84. The molecule has 0 radical (unpaired) electrons. The number of hydrogen-bond donors (Lipinski definition) is 1. The molecule has 0 saturated heterocycles.